The van der Waals surface area contributed by atoms with Gasteiger partial charge < -0.3 is 25.4 Å². The van der Waals surface area contributed by atoms with E-state index in [0.717, 1.165) is 106 Å². The number of allylic oxidation sites excluding steroid dienone is 1. The van der Waals surface area contributed by atoms with Crippen LogP contribution in [0.3, 0.4) is 0 Å². The van der Waals surface area contributed by atoms with Crippen LogP contribution in [0.15, 0.2) is 135 Å². The van der Waals surface area contributed by atoms with Crippen molar-refractivity contribution in [1.29, 1.82) is 0 Å². The number of nitrogens with two attached hydrogens (primary N) is 1. The molecule has 434 valence electrons. The molecule has 80 heavy (non-hydrogen) atoms. The lowest BCUT2D eigenvalue weighted by Crippen LogP contribution is -2.45. The molecule has 0 bridgehead atoms. The number of aryl methyl sites for hydroxylation is 2. The Kier molecular flexibility index (Phi) is 26.5. The smallest absolute Gasteiger partial charge is 0.0696 e. The van der Waals surface area contributed by atoms with Crippen LogP contribution >= 0.6 is 0 Å². The van der Waals surface area contributed by atoms with Crippen molar-refractivity contribution in [3.8, 4) is 34.2 Å². The molecule has 1 saturated heterocycles. The number of fused-ring (bicyclic) bond motifs is 1. The highest BCUT2D eigenvalue weighted by atomic mass is 15.2. The lowest BCUT2D eigenvalue weighted by Gasteiger charge is -2.36. The highest BCUT2D eigenvalue weighted by Crippen LogP contribution is 2.43. The SMILES string of the molecule is C=CN(C)C(C(=C)NC(Cc1cc(C)cc(-c2ccc3c(c2)c(CC(C)(C)CCC(=C)C)c(-c2cc(C#CCN4CCCCC4)cnc2C(C)CC)n3CC)c1)C(=C)N(C)CCCCN)C(C)C.CC1CCCC1.c1ccccc1. The summed E-state index contributed by atoms with van der Waals surface area (Å²) in [6, 6.07) is 28.7. The van der Waals surface area contributed by atoms with Gasteiger partial charge in [0.15, 0.2) is 0 Å². The molecule has 1 aliphatic carbocycles. The van der Waals surface area contributed by atoms with E-state index in [9.17, 15) is 0 Å². The van der Waals surface area contributed by atoms with E-state index in [4.69, 9.17) is 17.3 Å². The molecule has 7 heteroatoms. The number of nitrogens with zero attached hydrogens (tertiary/aromatic N) is 5. The van der Waals surface area contributed by atoms with E-state index < -0.39 is 0 Å². The molecule has 3 atom stereocenters. The minimum atomic E-state index is -0.0605. The molecule has 2 aliphatic rings. The molecule has 2 aromatic heterocycles. The van der Waals surface area contributed by atoms with Gasteiger partial charge in [0, 0.05) is 66.8 Å². The number of nitrogens with one attached hydrogen (secondary N) is 1. The number of aromatic nitrogens is 2. The van der Waals surface area contributed by atoms with Gasteiger partial charge in [0.05, 0.1) is 30.0 Å². The number of unbranched alkanes of at least 4 members (excludes halogenated alkanes) is 1. The summed E-state index contributed by atoms with van der Waals surface area (Å²) < 4.78 is 2.56. The van der Waals surface area contributed by atoms with Gasteiger partial charge in [0.25, 0.3) is 0 Å². The molecular weight excluding hydrogens is 975 g/mol. The van der Waals surface area contributed by atoms with Gasteiger partial charge in [-0.15, -0.1) is 6.58 Å². The fourth-order valence-corrected chi connectivity index (χ4v) is 11.8. The molecule has 7 rings (SSSR count). The van der Waals surface area contributed by atoms with Crippen LogP contribution in [0.1, 0.15) is 173 Å². The van der Waals surface area contributed by atoms with Crippen LogP contribution in [0, 0.1) is 36.0 Å². The van der Waals surface area contributed by atoms with E-state index in [1.54, 1.807) is 0 Å². The Morgan fingerprint density at radius 2 is 1.57 bits per heavy atom. The number of benzene rings is 3. The second-order valence-corrected chi connectivity index (χ2v) is 24.8. The number of likely N-dealkylation sites (N-methyl/N-ethyl adjacent to an activating group) is 2. The van der Waals surface area contributed by atoms with E-state index >= 15 is 0 Å². The summed E-state index contributed by atoms with van der Waals surface area (Å²) in [5.41, 5.74) is 21.4. The van der Waals surface area contributed by atoms with Gasteiger partial charge in [-0.25, -0.2) is 0 Å². The zero-order valence-electron chi connectivity index (χ0n) is 52.3. The van der Waals surface area contributed by atoms with E-state index in [1.165, 1.54) is 100 Å². The molecule has 3 unspecified atom stereocenters. The first kappa shape index (κ1) is 65.0. The maximum Gasteiger partial charge on any atom is 0.0696 e. The van der Waals surface area contributed by atoms with E-state index in [-0.39, 0.29) is 17.5 Å². The molecular formula is C73H107N7. The number of hydrogen-bond donors (Lipinski definition) is 2. The van der Waals surface area contributed by atoms with Crippen LogP contribution in [0.2, 0.25) is 0 Å². The second-order valence-electron chi connectivity index (χ2n) is 24.8. The van der Waals surface area contributed by atoms with Crippen LogP contribution in [0.4, 0.5) is 0 Å². The monoisotopic (exact) mass is 1080 g/mol. The van der Waals surface area contributed by atoms with Gasteiger partial charge in [-0.3, -0.25) is 9.88 Å². The normalized spacial score (nSPS) is 14.9. The first-order chi connectivity index (χ1) is 38.3. The zero-order valence-corrected chi connectivity index (χ0v) is 52.3. The Morgan fingerprint density at radius 3 is 2.15 bits per heavy atom. The van der Waals surface area contributed by atoms with Crippen molar-refractivity contribution >= 4 is 10.9 Å². The zero-order chi connectivity index (χ0) is 58.4. The highest BCUT2D eigenvalue weighted by Gasteiger charge is 2.29. The largest absolute Gasteiger partial charge is 0.379 e. The molecule has 2 fully saturated rings. The predicted molar refractivity (Wildman–Crippen MR) is 349 cm³/mol. The third-order valence-electron chi connectivity index (χ3n) is 16.7. The van der Waals surface area contributed by atoms with Crippen molar-refractivity contribution < 1.29 is 0 Å². The summed E-state index contributed by atoms with van der Waals surface area (Å²) in [6.45, 7) is 46.2. The van der Waals surface area contributed by atoms with Crippen LogP contribution in [0.5, 0.6) is 0 Å². The Hall–Kier alpha value is -5.81. The average Bonchev–Trinajstić information content (AvgIpc) is 4.27. The molecule has 0 amide bonds. The van der Waals surface area contributed by atoms with E-state index in [2.05, 4.69) is 182 Å². The fraction of sp³-hybridized carbons (Fsp3) is 0.521. The van der Waals surface area contributed by atoms with Crippen LogP contribution in [-0.4, -0.2) is 83.2 Å². The molecule has 5 aromatic rings. The fourth-order valence-electron chi connectivity index (χ4n) is 11.8. The maximum atomic E-state index is 5.90. The Balaban J connectivity index is 0.000000863. The summed E-state index contributed by atoms with van der Waals surface area (Å²) in [7, 11) is 4.23. The van der Waals surface area contributed by atoms with Gasteiger partial charge in [0.2, 0.25) is 0 Å². The predicted octanol–water partition coefficient (Wildman–Crippen LogP) is 17.2. The molecule has 0 radical (unpaired) electrons. The van der Waals surface area contributed by atoms with Crippen LogP contribution in [-0.2, 0) is 19.4 Å². The van der Waals surface area contributed by atoms with Crippen LogP contribution in [0.25, 0.3) is 33.3 Å². The molecule has 1 aliphatic heterocycles. The molecule has 0 spiro atoms. The minimum absolute atomic E-state index is 0.0316. The maximum absolute atomic E-state index is 5.90. The molecule has 3 heterocycles. The second kappa shape index (κ2) is 32.6. The number of hydrogen-bond acceptors (Lipinski definition) is 6. The van der Waals surface area contributed by atoms with Crippen molar-refractivity contribution in [2.45, 2.75) is 184 Å². The number of likely N-dealkylation sites (tertiary alicyclic amines) is 1. The summed E-state index contributed by atoms with van der Waals surface area (Å²) in [5, 5.41) is 5.20. The first-order valence-electron chi connectivity index (χ1n) is 30.8. The third kappa shape index (κ3) is 19.4. The lowest BCUT2D eigenvalue weighted by atomic mass is 9.79. The van der Waals surface area contributed by atoms with E-state index in [0.29, 0.717) is 18.4 Å². The molecule has 3 N–H and O–H groups in total. The van der Waals surface area contributed by atoms with Crippen molar-refractivity contribution in [2.75, 3.05) is 46.8 Å². The van der Waals surface area contributed by atoms with Crippen molar-refractivity contribution in [2.24, 2.45) is 23.0 Å². The highest BCUT2D eigenvalue weighted by molar-refractivity contribution is 5.95. The van der Waals surface area contributed by atoms with E-state index in [1.807, 2.05) is 48.8 Å². The topological polar surface area (TPSA) is 65.6 Å². The Morgan fingerprint density at radius 1 is 0.900 bits per heavy atom. The van der Waals surface area contributed by atoms with Gasteiger partial charge in [-0.05, 0) is 168 Å². The number of piperidine rings is 1. The third-order valence-corrected chi connectivity index (χ3v) is 16.7. The molecule has 3 aromatic carbocycles. The number of pyridine rings is 1. The van der Waals surface area contributed by atoms with Crippen molar-refractivity contribution in [1.82, 2.24) is 29.6 Å². The Labute approximate surface area is 488 Å². The number of rotatable bonds is 25. The van der Waals surface area contributed by atoms with Crippen LogP contribution < -0.4 is 11.1 Å². The summed E-state index contributed by atoms with van der Waals surface area (Å²) in [6.07, 6.45) is 20.5. The van der Waals surface area contributed by atoms with Gasteiger partial charge in [-0.1, -0.05) is 184 Å². The minimum Gasteiger partial charge on any atom is -0.379 e. The summed E-state index contributed by atoms with van der Waals surface area (Å²) in [4.78, 5) is 12.2. The molecule has 7 nitrogen and oxygen atoms in total. The summed E-state index contributed by atoms with van der Waals surface area (Å²) >= 11 is 0. The van der Waals surface area contributed by atoms with Gasteiger partial charge in [-0.2, -0.15) is 0 Å². The lowest BCUT2D eigenvalue weighted by molar-refractivity contribution is 0.255. The van der Waals surface area contributed by atoms with Gasteiger partial charge in [0.1, 0.15) is 0 Å². The quantitative estimate of drug-likeness (QED) is 0.0345. The van der Waals surface area contributed by atoms with Crippen molar-refractivity contribution in [3.05, 3.63) is 162 Å². The van der Waals surface area contributed by atoms with Crippen molar-refractivity contribution in [3.63, 3.8) is 0 Å². The van der Waals surface area contributed by atoms with Gasteiger partial charge >= 0.3 is 0 Å². The average molecular weight is 1080 g/mol. The summed E-state index contributed by atoms with van der Waals surface area (Å²) in [5.74, 6) is 8.78. The Bertz CT molecular complexity index is 2760. The first-order valence-corrected chi connectivity index (χ1v) is 30.8. The standard InChI is InChI=1S/C61H89N7.C6H12.C6H6/c1-16-46(9)58-54(38-49(42-63-58)25-24-34-67-32-21-19-22-33-67)60-55(41-61(12,13)29-28-43(4)5)53-40-51(26-27-57(53)68(60)18-3)52-36-45(8)35-50(37-52)39-56(48(11)66(15)31-23-20-30-62)64-47(10)59(44(6)7)65(14)17-2;1-6-4-2-3-5-6;1-2-4-6-5-3-1/h17,26-27,35-38,40,42,44,46,56,59,64H,2,4,10-11,16,18-23,28-34,39,41,62H2,1,3,5-9,12-15H3;6H,2-5H2,1H3;1-6H. The molecule has 1 saturated carbocycles.